The van der Waals surface area contributed by atoms with Gasteiger partial charge in [0.25, 0.3) is 5.91 Å². The molecule has 0 unspecified atom stereocenters. The van der Waals surface area contributed by atoms with Gasteiger partial charge in [-0.25, -0.2) is 4.79 Å². The molecule has 1 aliphatic heterocycles. The molecule has 0 spiro atoms. The minimum atomic E-state index is -4.52. The van der Waals surface area contributed by atoms with Crippen molar-refractivity contribution in [1.29, 1.82) is 0 Å². The number of hydrogen-bond acceptors (Lipinski definition) is 7. The smallest absolute Gasteiger partial charge is 0.422 e. The predicted molar refractivity (Wildman–Crippen MR) is 106 cm³/mol. The molecule has 14 heteroatoms. The number of amides is 2. The number of carbonyl (C=O) groups excluding carboxylic acids is 2. The zero-order valence-corrected chi connectivity index (χ0v) is 17.9. The number of aryl methyl sites for hydroxylation is 1. The van der Waals surface area contributed by atoms with Crippen molar-refractivity contribution in [2.24, 2.45) is 7.05 Å². The highest BCUT2D eigenvalue weighted by Gasteiger charge is 2.40. The Bertz CT molecular complexity index is 1030. The standard InChI is InChI=1S/C19H23F3N6O5/c1-18(3-4-18)24-17(30)33-10-5-13(31-8-10)11-6-14(26-25-11)23-16(29)12-7-15(27-28(12)2)32-9-19(20,21)22/h6-7,10,13H,3-5,8-9H2,1-2H3,(H,24,30)(H2,23,25,26,29)/t10-,13-/m1/s1. The number of hydrogen-bond donors (Lipinski definition) is 3. The maximum Gasteiger partial charge on any atom is 0.422 e. The fraction of sp³-hybridized carbons (Fsp3) is 0.579. The molecule has 1 saturated heterocycles. The molecular formula is C19H23F3N6O5. The Hall–Kier alpha value is -3.29. The van der Waals surface area contributed by atoms with E-state index in [9.17, 15) is 22.8 Å². The molecule has 3 heterocycles. The number of nitrogens with zero attached hydrogens (tertiary/aromatic N) is 3. The van der Waals surface area contributed by atoms with E-state index in [1.165, 1.54) is 7.05 Å². The Morgan fingerprint density at radius 3 is 2.82 bits per heavy atom. The number of ether oxygens (including phenoxy) is 3. The maximum absolute atomic E-state index is 12.5. The van der Waals surface area contributed by atoms with Gasteiger partial charge in [-0.15, -0.1) is 5.10 Å². The van der Waals surface area contributed by atoms with Crippen LogP contribution in [0.4, 0.5) is 23.8 Å². The fourth-order valence-electron chi connectivity index (χ4n) is 3.26. The third-order valence-electron chi connectivity index (χ3n) is 5.30. The Labute approximate surface area is 185 Å². The Kier molecular flexibility index (Phi) is 5.95. The van der Waals surface area contributed by atoms with Crippen molar-refractivity contribution in [2.75, 3.05) is 18.5 Å². The lowest BCUT2D eigenvalue weighted by atomic mass is 10.1. The van der Waals surface area contributed by atoms with Gasteiger partial charge in [0.15, 0.2) is 12.4 Å². The average molecular weight is 472 g/mol. The minimum Gasteiger partial charge on any atom is -0.467 e. The highest BCUT2D eigenvalue weighted by atomic mass is 19.4. The van der Waals surface area contributed by atoms with Gasteiger partial charge in [-0.2, -0.15) is 18.3 Å². The molecular weight excluding hydrogens is 449 g/mol. The number of rotatable bonds is 7. The van der Waals surface area contributed by atoms with Crippen LogP contribution in [0.25, 0.3) is 0 Å². The first-order chi connectivity index (χ1) is 15.5. The number of halogens is 3. The Morgan fingerprint density at radius 2 is 2.12 bits per heavy atom. The van der Waals surface area contributed by atoms with Gasteiger partial charge in [0.1, 0.15) is 17.9 Å². The lowest BCUT2D eigenvalue weighted by Crippen LogP contribution is -2.37. The van der Waals surface area contributed by atoms with Crippen LogP contribution < -0.4 is 15.4 Å². The van der Waals surface area contributed by atoms with Gasteiger partial charge >= 0.3 is 12.3 Å². The van der Waals surface area contributed by atoms with Gasteiger partial charge in [0.2, 0.25) is 5.88 Å². The third-order valence-corrected chi connectivity index (χ3v) is 5.30. The van der Waals surface area contributed by atoms with Crippen LogP contribution >= 0.6 is 0 Å². The second kappa shape index (κ2) is 8.57. The van der Waals surface area contributed by atoms with E-state index in [0.29, 0.717) is 12.1 Å². The summed E-state index contributed by atoms with van der Waals surface area (Å²) in [5.41, 5.74) is 0.383. The van der Waals surface area contributed by atoms with Gasteiger partial charge in [-0.1, -0.05) is 0 Å². The first-order valence-corrected chi connectivity index (χ1v) is 10.2. The number of carbonyl (C=O) groups is 2. The molecule has 0 radical (unpaired) electrons. The van der Waals surface area contributed by atoms with Gasteiger partial charge in [-0.05, 0) is 19.8 Å². The molecule has 2 atom stereocenters. The molecule has 2 amide bonds. The zero-order valence-electron chi connectivity index (χ0n) is 17.9. The van der Waals surface area contributed by atoms with Crippen LogP contribution in [0.1, 0.15) is 48.5 Å². The monoisotopic (exact) mass is 472 g/mol. The molecule has 2 aromatic heterocycles. The summed E-state index contributed by atoms with van der Waals surface area (Å²) < 4.78 is 53.6. The summed E-state index contributed by atoms with van der Waals surface area (Å²) in [6, 6.07) is 2.66. The van der Waals surface area contributed by atoms with Crippen LogP contribution in [-0.4, -0.2) is 63.0 Å². The summed E-state index contributed by atoms with van der Waals surface area (Å²) in [5, 5.41) is 15.9. The molecule has 1 aliphatic carbocycles. The van der Waals surface area contributed by atoms with Crippen molar-refractivity contribution < 1.29 is 37.0 Å². The van der Waals surface area contributed by atoms with Gasteiger partial charge in [-0.3, -0.25) is 14.6 Å². The van der Waals surface area contributed by atoms with Crippen molar-refractivity contribution in [1.82, 2.24) is 25.3 Å². The van der Waals surface area contributed by atoms with Crippen molar-refractivity contribution >= 4 is 17.8 Å². The molecule has 2 aromatic rings. The number of aromatic amines is 1. The van der Waals surface area contributed by atoms with Crippen LogP contribution in [0.2, 0.25) is 0 Å². The van der Waals surface area contributed by atoms with Crippen molar-refractivity contribution in [3.05, 3.63) is 23.5 Å². The highest BCUT2D eigenvalue weighted by molar-refractivity contribution is 6.02. The van der Waals surface area contributed by atoms with Gasteiger partial charge < -0.3 is 24.8 Å². The third kappa shape index (κ3) is 5.94. The van der Waals surface area contributed by atoms with E-state index in [-0.39, 0.29) is 29.5 Å². The molecule has 1 saturated carbocycles. The van der Waals surface area contributed by atoms with E-state index in [1.54, 1.807) is 6.07 Å². The molecule has 4 rings (SSSR count). The van der Waals surface area contributed by atoms with E-state index in [1.807, 2.05) is 6.92 Å². The van der Waals surface area contributed by atoms with Crippen LogP contribution in [0.3, 0.4) is 0 Å². The summed E-state index contributed by atoms with van der Waals surface area (Å²) in [6.45, 7) is 0.663. The Morgan fingerprint density at radius 1 is 1.36 bits per heavy atom. The lowest BCUT2D eigenvalue weighted by molar-refractivity contribution is -0.154. The highest BCUT2D eigenvalue weighted by Crippen LogP contribution is 2.35. The van der Waals surface area contributed by atoms with E-state index >= 15 is 0 Å². The summed E-state index contributed by atoms with van der Waals surface area (Å²) in [6.07, 6.45) is -3.54. The zero-order chi connectivity index (χ0) is 23.8. The van der Waals surface area contributed by atoms with E-state index in [0.717, 1.165) is 23.6 Å². The molecule has 2 aliphatic rings. The summed E-state index contributed by atoms with van der Waals surface area (Å²) in [5.74, 6) is -0.780. The molecule has 2 fully saturated rings. The Balaban J connectivity index is 1.29. The van der Waals surface area contributed by atoms with E-state index in [2.05, 4.69) is 30.7 Å². The van der Waals surface area contributed by atoms with Crippen LogP contribution in [0.5, 0.6) is 5.88 Å². The van der Waals surface area contributed by atoms with E-state index in [4.69, 9.17) is 9.47 Å². The number of aromatic nitrogens is 4. The number of nitrogens with one attached hydrogen (secondary N) is 3. The minimum absolute atomic E-state index is 0.0160. The largest absolute Gasteiger partial charge is 0.467 e. The first-order valence-electron chi connectivity index (χ1n) is 10.2. The summed E-state index contributed by atoms with van der Waals surface area (Å²) in [4.78, 5) is 24.4. The second-order valence-electron chi connectivity index (χ2n) is 8.33. The van der Waals surface area contributed by atoms with Crippen LogP contribution in [0, 0.1) is 0 Å². The van der Waals surface area contributed by atoms with Crippen molar-refractivity contribution in [3.63, 3.8) is 0 Å². The molecule has 180 valence electrons. The number of alkyl carbamates (subject to hydrolysis) is 1. The van der Waals surface area contributed by atoms with Crippen molar-refractivity contribution in [3.8, 4) is 5.88 Å². The predicted octanol–water partition coefficient (Wildman–Crippen LogP) is 2.45. The van der Waals surface area contributed by atoms with E-state index < -0.39 is 37.0 Å². The SMILES string of the molecule is Cn1nc(OCC(F)(F)F)cc1C(=O)Nc1cc([C@H]2C[C@@H](OC(=O)NC3(C)CC3)CO2)[nH]n1. The molecule has 3 N–H and O–H groups in total. The number of alkyl halides is 3. The van der Waals surface area contributed by atoms with Crippen molar-refractivity contribution in [2.45, 2.75) is 50.1 Å². The van der Waals surface area contributed by atoms with Gasteiger partial charge in [0.05, 0.1) is 12.3 Å². The molecule has 0 aromatic carbocycles. The molecule has 33 heavy (non-hydrogen) atoms. The lowest BCUT2D eigenvalue weighted by Gasteiger charge is -2.15. The summed E-state index contributed by atoms with van der Waals surface area (Å²) >= 11 is 0. The quantitative estimate of drug-likeness (QED) is 0.564. The fourth-order valence-corrected chi connectivity index (χ4v) is 3.26. The average Bonchev–Trinajstić information content (AvgIpc) is 3.12. The van der Waals surface area contributed by atoms with Gasteiger partial charge in [0, 0.05) is 31.1 Å². The summed E-state index contributed by atoms with van der Waals surface area (Å²) in [7, 11) is 1.40. The second-order valence-corrected chi connectivity index (χ2v) is 8.33. The molecule has 11 nitrogen and oxygen atoms in total. The topological polar surface area (TPSA) is 132 Å². The normalized spacial score (nSPS) is 21.5. The van der Waals surface area contributed by atoms with Crippen LogP contribution in [-0.2, 0) is 16.5 Å². The first kappa shape index (κ1) is 22.9. The number of anilines is 1. The molecule has 0 bridgehead atoms. The van der Waals surface area contributed by atoms with Crippen LogP contribution in [0.15, 0.2) is 12.1 Å². The maximum atomic E-state index is 12.5. The number of H-pyrrole nitrogens is 1.